The normalized spacial score (nSPS) is 15.9. The Labute approximate surface area is 137 Å². The van der Waals surface area contributed by atoms with Gasteiger partial charge in [-0.25, -0.2) is 9.79 Å². The zero-order valence-electron chi connectivity index (χ0n) is 11.6. The second-order valence-electron chi connectivity index (χ2n) is 4.88. The van der Waals surface area contributed by atoms with Crippen LogP contribution in [0.1, 0.15) is 16.7 Å². The minimum atomic E-state index is -0.485. The Balaban J connectivity index is 1.93. The van der Waals surface area contributed by atoms with Gasteiger partial charge in [0, 0.05) is 5.56 Å². The molecule has 2 aromatic rings. The molecule has 0 aromatic heterocycles. The van der Waals surface area contributed by atoms with Gasteiger partial charge in [0.2, 0.25) is 5.90 Å². The van der Waals surface area contributed by atoms with Crippen LogP contribution in [0.5, 0.6) is 0 Å². The van der Waals surface area contributed by atoms with E-state index in [0.717, 1.165) is 16.7 Å². The highest BCUT2D eigenvalue weighted by atomic mass is 35.5. The van der Waals surface area contributed by atoms with Crippen LogP contribution in [-0.2, 0) is 9.53 Å². The fourth-order valence-corrected chi connectivity index (χ4v) is 2.30. The lowest BCUT2D eigenvalue weighted by atomic mass is 10.1. The van der Waals surface area contributed by atoms with E-state index in [4.69, 9.17) is 27.9 Å². The predicted molar refractivity (Wildman–Crippen MR) is 88.2 cm³/mol. The van der Waals surface area contributed by atoms with Crippen molar-refractivity contribution in [3.8, 4) is 0 Å². The molecule has 0 N–H and O–H groups in total. The molecule has 1 heterocycles. The van der Waals surface area contributed by atoms with Crippen LogP contribution in [-0.4, -0.2) is 11.9 Å². The van der Waals surface area contributed by atoms with E-state index < -0.39 is 5.97 Å². The van der Waals surface area contributed by atoms with Crippen molar-refractivity contribution in [1.29, 1.82) is 0 Å². The first-order valence-electron chi connectivity index (χ1n) is 6.57. The standard InChI is InChI=1S/C17H11Cl2NO2/c1-10-2-5-12(6-3-10)16-20-15(17(21)22-16)9-11-4-7-13(18)14(19)8-11/h2-9H,1H3/b15-9+. The van der Waals surface area contributed by atoms with Crippen LogP contribution < -0.4 is 0 Å². The molecule has 5 heteroatoms. The number of carbonyl (C=O) groups excluding carboxylic acids is 1. The summed E-state index contributed by atoms with van der Waals surface area (Å²) in [6.07, 6.45) is 1.62. The minimum Gasteiger partial charge on any atom is -0.402 e. The highest BCUT2D eigenvalue weighted by Crippen LogP contribution is 2.25. The summed E-state index contributed by atoms with van der Waals surface area (Å²) in [7, 11) is 0. The Morgan fingerprint density at radius 3 is 2.45 bits per heavy atom. The molecular formula is C17H11Cl2NO2. The summed E-state index contributed by atoms with van der Waals surface area (Å²) in [5.41, 5.74) is 2.85. The maximum absolute atomic E-state index is 11.9. The SMILES string of the molecule is Cc1ccc(C2=N/C(=C/c3ccc(Cl)c(Cl)c3)C(=O)O2)cc1. The van der Waals surface area contributed by atoms with Gasteiger partial charge in [-0.15, -0.1) is 0 Å². The summed E-state index contributed by atoms with van der Waals surface area (Å²) in [6, 6.07) is 12.7. The molecule has 0 amide bonds. The molecule has 0 saturated heterocycles. The van der Waals surface area contributed by atoms with E-state index in [1.807, 2.05) is 31.2 Å². The van der Waals surface area contributed by atoms with Crippen molar-refractivity contribution < 1.29 is 9.53 Å². The highest BCUT2D eigenvalue weighted by Gasteiger charge is 2.24. The molecule has 2 aromatic carbocycles. The van der Waals surface area contributed by atoms with Crippen molar-refractivity contribution in [2.75, 3.05) is 0 Å². The van der Waals surface area contributed by atoms with Crippen LogP contribution in [0, 0.1) is 6.92 Å². The molecule has 0 unspecified atom stereocenters. The van der Waals surface area contributed by atoms with Gasteiger partial charge in [0.15, 0.2) is 5.70 Å². The van der Waals surface area contributed by atoms with E-state index in [-0.39, 0.29) is 5.70 Å². The minimum absolute atomic E-state index is 0.231. The molecular weight excluding hydrogens is 321 g/mol. The number of cyclic esters (lactones) is 1. The highest BCUT2D eigenvalue weighted by molar-refractivity contribution is 6.42. The van der Waals surface area contributed by atoms with Gasteiger partial charge in [-0.2, -0.15) is 0 Å². The molecule has 0 fully saturated rings. The molecule has 22 heavy (non-hydrogen) atoms. The molecule has 110 valence electrons. The lowest BCUT2D eigenvalue weighted by Gasteiger charge is -1.99. The number of ether oxygens (including phenoxy) is 1. The molecule has 3 rings (SSSR count). The first-order valence-corrected chi connectivity index (χ1v) is 7.33. The van der Waals surface area contributed by atoms with Crippen LogP contribution >= 0.6 is 23.2 Å². The third-order valence-electron chi connectivity index (χ3n) is 3.17. The molecule has 0 spiro atoms. The summed E-state index contributed by atoms with van der Waals surface area (Å²) in [4.78, 5) is 16.2. The average molecular weight is 332 g/mol. The van der Waals surface area contributed by atoms with Gasteiger partial charge in [0.25, 0.3) is 0 Å². The van der Waals surface area contributed by atoms with Crippen molar-refractivity contribution >= 4 is 41.1 Å². The van der Waals surface area contributed by atoms with E-state index in [1.165, 1.54) is 0 Å². The Morgan fingerprint density at radius 1 is 1.05 bits per heavy atom. The number of nitrogens with zero attached hydrogens (tertiary/aromatic N) is 1. The number of aryl methyl sites for hydroxylation is 1. The van der Waals surface area contributed by atoms with Crippen molar-refractivity contribution in [2.45, 2.75) is 6.92 Å². The number of hydrogen-bond acceptors (Lipinski definition) is 3. The zero-order valence-corrected chi connectivity index (χ0v) is 13.2. The van der Waals surface area contributed by atoms with Gasteiger partial charge < -0.3 is 4.74 Å². The molecule has 0 aliphatic carbocycles. The summed E-state index contributed by atoms with van der Waals surface area (Å²) in [5.74, 6) is -0.182. The van der Waals surface area contributed by atoms with Crippen LogP contribution in [0.2, 0.25) is 10.0 Å². The lowest BCUT2D eigenvalue weighted by molar-refractivity contribution is -0.129. The van der Waals surface area contributed by atoms with Crippen LogP contribution in [0.4, 0.5) is 0 Å². The van der Waals surface area contributed by atoms with E-state index >= 15 is 0 Å². The van der Waals surface area contributed by atoms with E-state index in [0.29, 0.717) is 15.9 Å². The van der Waals surface area contributed by atoms with Crippen molar-refractivity contribution in [1.82, 2.24) is 0 Å². The average Bonchev–Trinajstić information content (AvgIpc) is 2.85. The summed E-state index contributed by atoms with van der Waals surface area (Å²) in [6.45, 7) is 1.99. The number of rotatable bonds is 2. The molecule has 0 bridgehead atoms. The lowest BCUT2D eigenvalue weighted by Crippen LogP contribution is -2.05. The summed E-state index contributed by atoms with van der Waals surface area (Å²) < 4.78 is 5.21. The summed E-state index contributed by atoms with van der Waals surface area (Å²) >= 11 is 11.8. The van der Waals surface area contributed by atoms with Gasteiger partial charge >= 0.3 is 5.97 Å². The molecule has 1 aliphatic heterocycles. The second-order valence-corrected chi connectivity index (χ2v) is 5.69. The molecule has 1 aliphatic rings. The largest absolute Gasteiger partial charge is 0.402 e. The molecule has 0 radical (unpaired) electrons. The number of esters is 1. The number of benzene rings is 2. The third kappa shape index (κ3) is 3.06. The number of hydrogen-bond donors (Lipinski definition) is 0. The van der Waals surface area contributed by atoms with Crippen LogP contribution in [0.25, 0.3) is 6.08 Å². The fourth-order valence-electron chi connectivity index (χ4n) is 1.99. The number of aliphatic imine (C=N–C) groups is 1. The predicted octanol–water partition coefficient (Wildman–Crippen LogP) is 4.65. The fraction of sp³-hybridized carbons (Fsp3) is 0.0588. The quantitative estimate of drug-likeness (QED) is 0.593. The van der Waals surface area contributed by atoms with Gasteiger partial charge in [0.05, 0.1) is 10.0 Å². The monoisotopic (exact) mass is 331 g/mol. The van der Waals surface area contributed by atoms with Crippen molar-refractivity contribution in [3.63, 3.8) is 0 Å². The van der Waals surface area contributed by atoms with Gasteiger partial charge in [-0.05, 0) is 42.8 Å². The zero-order chi connectivity index (χ0) is 15.7. The van der Waals surface area contributed by atoms with E-state index in [9.17, 15) is 4.79 Å². The molecule has 0 saturated carbocycles. The second kappa shape index (κ2) is 5.95. The smallest absolute Gasteiger partial charge is 0.363 e. The van der Waals surface area contributed by atoms with Crippen LogP contribution in [0.15, 0.2) is 53.2 Å². The van der Waals surface area contributed by atoms with Gasteiger partial charge in [-0.1, -0.05) is 47.0 Å². The Bertz CT molecular complexity index is 808. The van der Waals surface area contributed by atoms with Crippen molar-refractivity contribution in [2.24, 2.45) is 4.99 Å². The van der Waals surface area contributed by atoms with Gasteiger partial charge in [-0.3, -0.25) is 0 Å². The van der Waals surface area contributed by atoms with Gasteiger partial charge in [0.1, 0.15) is 0 Å². The first kappa shape index (κ1) is 14.8. The number of carbonyl (C=O) groups is 1. The maximum atomic E-state index is 11.9. The third-order valence-corrected chi connectivity index (χ3v) is 3.91. The van der Waals surface area contributed by atoms with E-state index in [1.54, 1.807) is 24.3 Å². The maximum Gasteiger partial charge on any atom is 0.363 e. The topological polar surface area (TPSA) is 38.7 Å². The Morgan fingerprint density at radius 2 is 1.77 bits per heavy atom. The molecule has 3 nitrogen and oxygen atoms in total. The van der Waals surface area contributed by atoms with Crippen molar-refractivity contribution in [3.05, 3.63) is 74.9 Å². The number of halogens is 2. The van der Waals surface area contributed by atoms with E-state index in [2.05, 4.69) is 4.99 Å². The Kier molecular flexibility index (Phi) is 4.01. The van der Waals surface area contributed by atoms with Crippen LogP contribution in [0.3, 0.4) is 0 Å². The first-order chi connectivity index (χ1) is 10.5. The summed E-state index contributed by atoms with van der Waals surface area (Å²) in [5, 5.41) is 0.881. The molecule has 0 atom stereocenters. The Hall–Kier alpha value is -2.10.